The predicted molar refractivity (Wildman–Crippen MR) is 123 cm³/mol. The molecule has 1 aromatic rings. The summed E-state index contributed by atoms with van der Waals surface area (Å²) >= 11 is 0. The van der Waals surface area contributed by atoms with Crippen LogP contribution in [-0.4, -0.2) is 75.4 Å². The van der Waals surface area contributed by atoms with E-state index in [4.69, 9.17) is 4.74 Å². The highest BCUT2D eigenvalue weighted by molar-refractivity contribution is 14.0. The second kappa shape index (κ2) is 10.5. The van der Waals surface area contributed by atoms with Crippen molar-refractivity contribution < 1.29 is 4.74 Å². The summed E-state index contributed by atoms with van der Waals surface area (Å²) in [6.07, 6.45) is 1.13. The maximum Gasteiger partial charge on any atom is 0.191 e. The summed E-state index contributed by atoms with van der Waals surface area (Å²) in [5.74, 6) is 0.895. The molecule has 152 valence electrons. The maximum atomic E-state index is 5.47. The monoisotopic (exact) mass is 487 g/mol. The van der Waals surface area contributed by atoms with Gasteiger partial charge in [0.2, 0.25) is 0 Å². The molecule has 0 aliphatic carbocycles. The number of guanidine groups is 1. The molecule has 0 aromatic heterocycles. The molecule has 27 heavy (non-hydrogen) atoms. The van der Waals surface area contributed by atoms with Gasteiger partial charge in [0.15, 0.2) is 5.96 Å². The smallest absolute Gasteiger partial charge is 0.191 e. The first-order valence-corrected chi connectivity index (χ1v) is 9.68. The van der Waals surface area contributed by atoms with Gasteiger partial charge in [-0.25, -0.2) is 0 Å². The topological polar surface area (TPSA) is 52.1 Å². The fourth-order valence-corrected chi connectivity index (χ4v) is 3.72. The summed E-state index contributed by atoms with van der Waals surface area (Å²) in [6.45, 7) is 11.2. The number of halogens is 1. The van der Waals surface area contributed by atoms with Crippen molar-refractivity contribution in [2.75, 3.05) is 57.9 Å². The van der Waals surface area contributed by atoms with E-state index >= 15 is 0 Å². The Kier molecular flexibility index (Phi) is 8.62. The molecule has 1 atom stereocenters. The van der Waals surface area contributed by atoms with E-state index in [9.17, 15) is 0 Å². The minimum absolute atomic E-state index is 0. The average Bonchev–Trinajstić information content (AvgIpc) is 3.15. The van der Waals surface area contributed by atoms with Crippen LogP contribution >= 0.6 is 24.0 Å². The second-order valence-electron chi connectivity index (χ2n) is 7.75. The fraction of sp³-hybridized carbons (Fsp3) is 0.650. The van der Waals surface area contributed by atoms with Crippen molar-refractivity contribution in [1.82, 2.24) is 15.5 Å². The highest BCUT2D eigenvalue weighted by Crippen LogP contribution is 2.19. The first kappa shape index (κ1) is 22.2. The first-order valence-electron chi connectivity index (χ1n) is 9.68. The molecule has 0 spiro atoms. The molecule has 0 saturated carbocycles. The van der Waals surface area contributed by atoms with E-state index < -0.39 is 0 Å². The molecule has 1 aromatic carbocycles. The highest BCUT2D eigenvalue weighted by atomic mass is 127. The summed E-state index contributed by atoms with van der Waals surface area (Å²) < 4.78 is 5.47. The van der Waals surface area contributed by atoms with Crippen molar-refractivity contribution in [3.05, 3.63) is 30.3 Å². The first-order chi connectivity index (χ1) is 12.6. The Labute approximate surface area is 180 Å². The van der Waals surface area contributed by atoms with Gasteiger partial charge in [-0.3, -0.25) is 9.89 Å². The zero-order chi connectivity index (χ0) is 18.4. The lowest BCUT2D eigenvalue weighted by molar-refractivity contribution is -0.00834. The van der Waals surface area contributed by atoms with E-state index in [0.29, 0.717) is 6.04 Å². The van der Waals surface area contributed by atoms with Crippen molar-refractivity contribution in [2.24, 2.45) is 4.99 Å². The molecular weight excluding hydrogens is 453 g/mol. The Bertz CT molecular complexity index is 589. The van der Waals surface area contributed by atoms with Crippen LogP contribution in [0.25, 0.3) is 0 Å². The SMILES string of the molecule is CN=C(NCC(C)(C)N1CCOCC1)NC1CCN(c2ccccc2)C1.I. The number of nitrogens with one attached hydrogen (secondary N) is 2. The van der Waals surface area contributed by atoms with Gasteiger partial charge < -0.3 is 20.3 Å². The summed E-state index contributed by atoms with van der Waals surface area (Å²) in [5.41, 5.74) is 1.38. The normalized spacial score (nSPS) is 21.7. The van der Waals surface area contributed by atoms with Crippen LogP contribution in [0.5, 0.6) is 0 Å². The molecule has 2 fully saturated rings. The number of hydrogen-bond donors (Lipinski definition) is 2. The van der Waals surface area contributed by atoms with Gasteiger partial charge in [0.05, 0.1) is 13.2 Å². The lowest BCUT2D eigenvalue weighted by Crippen LogP contribution is -2.57. The number of para-hydroxylation sites is 1. The molecule has 2 aliphatic rings. The molecule has 2 N–H and O–H groups in total. The van der Waals surface area contributed by atoms with Gasteiger partial charge in [0, 0.05) is 57.0 Å². The minimum Gasteiger partial charge on any atom is -0.379 e. The van der Waals surface area contributed by atoms with E-state index in [-0.39, 0.29) is 29.5 Å². The number of ether oxygens (including phenoxy) is 1. The third-order valence-corrected chi connectivity index (χ3v) is 5.43. The van der Waals surface area contributed by atoms with Crippen LogP contribution in [0.1, 0.15) is 20.3 Å². The molecule has 2 aliphatic heterocycles. The quantitative estimate of drug-likeness (QED) is 0.379. The summed E-state index contributed by atoms with van der Waals surface area (Å²) in [4.78, 5) is 9.35. The minimum atomic E-state index is 0. The van der Waals surface area contributed by atoms with Crippen molar-refractivity contribution in [2.45, 2.75) is 31.8 Å². The Morgan fingerprint density at radius 3 is 2.56 bits per heavy atom. The van der Waals surface area contributed by atoms with Crippen LogP contribution in [0, 0.1) is 0 Å². The Morgan fingerprint density at radius 1 is 1.19 bits per heavy atom. The zero-order valence-electron chi connectivity index (χ0n) is 16.8. The third kappa shape index (κ3) is 6.22. The van der Waals surface area contributed by atoms with E-state index in [1.54, 1.807) is 0 Å². The largest absolute Gasteiger partial charge is 0.379 e. The van der Waals surface area contributed by atoms with Gasteiger partial charge >= 0.3 is 0 Å². The van der Waals surface area contributed by atoms with Crippen LogP contribution in [0.3, 0.4) is 0 Å². The molecule has 1 unspecified atom stereocenters. The number of aliphatic imine (C=N–C) groups is 1. The second-order valence-corrected chi connectivity index (χ2v) is 7.75. The molecule has 0 radical (unpaired) electrons. The van der Waals surface area contributed by atoms with Crippen LogP contribution in [0.4, 0.5) is 5.69 Å². The number of benzene rings is 1. The standard InChI is InChI=1S/C20H33N5O.HI/c1-20(2,25-11-13-26-14-12-25)16-22-19(21-3)23-17-9-10-24(15-17)18-7-5-4-6-8-18;/h4-8,17H,9-16H2,1-3H3,(H2,21,22,23);1H. The molecule has 2 saturated heterocycles. The van der Waals surface area contributed by atoms with Crippen molar-refractivity contribution >= 4 is 35.6 Å². The number of morpholine rings is 1. The van der Waals surface area contributed by atoms with Gasteiger partial charge in [-0.1, -0.05) is 18.2 Å². The lowest BCUT2D eigenvalue weighted by Gasteiger charge is -2.41. The predicted octanol–water partition coefficient (Wildman–Crippen LogP) is 2.16. The van der Waals surface area contributed by atoms with Gasteiger partial charge in [-0.05, 0) is 32.4 Å². The summed E-state index contributed by atoms with van der Waals surface area (Å²) in [6, 6.07) is 11.1. The van der Waals surface area contributed by atoms with Crippen molar-refractivity contribution in [3.8, 4) is 0 Å². The molecule has 0 amide bonds. The Hall–Kier alpha value is -1.06. The Balaban J connectivity index is 0.00000261. The molecule has 0 bridgehead atoms. The molecule has 2 heterocycles. The van der Waals surface area contributed by atoms with Gasteiger partial charge in [-0.15, -0.1) is 24.0 Å². The average molecular weight is 487 g/mol. The third-order valence-electron chi connectivity index (χ3n) is 5.43. The summed E-state index contributed by atoms with van der Waals surface area (Å²) in [7, 11) is 1.85. The van der Waals surface area contributed by atoms with E-state index in [0.717, 1.165) is 58.3 Å². The number of rotatable bonds is 5. The van der Waals surface area contributed by atoms with E-state index in [1.807, 2.05) is 7.05 Å². The van der Waals surface area contributed by atoms with Gasteiger partial charge in [-0.2, -0.15) is 0 Å². The summed E-state index contributed by atoms with van der Waals surface area (Å²) in [5, 5.41) is 7.12. The van der Waals surface area contributed by atoms with E-state index in [2.05, 4.69) is 69.6 Å². The van der Waals surface area contributed by atoms with Crippen molar-refractivity contribution in [1.29, 1.82) is 0 Å². The zero-order valence-corrected chi connectivity index (χ0v) is 19.1. The van der Waals surface area contributed by atoms with Crippen LogP contribution in [0.2, 0.25) is 0 Å². The number of nitrogens with zero attached hydrogens (tertiary/aromatic N) is 3. The molecule has 6 nitrogen and oxygen atoms in total. The highest BCUT2D eigenvalue weighted by Gasteiger charge is 2.29. The molecular formula is C20H34IN5O. The van der Waals surface area contributed by atoms with E-state index in [1.165, 1.54) is 5.69 Å². The van der Waals surface area contributed by atoms with Crippen LogP contribution in [-0.2, 0) is 4.74 Å². The number of anilines is 1. The molecule has 7 heteroatoms. The lowest BCUT2D eigenvalue weighted by atomic mass is 10.0. The van der Waals surface area contributed by atoms with Gasteiger partial charge in [0.1, 0.15) is 0 Å². The number of hydrogen-bond acceptors (Lipinski definition) is 4. The Morgan fingerprint density at radius 2 is 1.89 bits per heavy atom. The fourth-order valence-electron chi connectivity index (χ4n) is 3.72. The van der Waals surface area contributed by atoms with Crippen molar-refractivity contribution in [3.63, 3.8) is 0 Å². The van der Waals surface area contributed by atoms with Crippen LogP contribution < -0.4 is 15.5 Å². The maximum absolute atomic E-state index is 5.47. The van der Waals surface area contributed by atoms with Gasteiger partial charge in [0.25, 0.3) is 0 Å². The van der Waals surface area contributed by atoms with Crippen LogP contribution in [0.15, 0.2) is 35.3 Å². The molecule has 3 rings (SSSR count).